The number of unbranched alkanes of at least 4 members (excludes halogenated alkanes) is 2. The van der Waals surface area contributed by atoms with Crippen LogP contribution in [0.4, 0.5) is 0 Å². The van der Waals surface area contributed by atoms with Crippen LogP contribution in [0.2, 0.25) is 0 Å². The van der Waals surface area contributed by atoms with Crippen LogP contribution < -0.4 is 10.6 Å². The number of carbonyl (C=O) groups excluding carboxylic acids is 1. The van der Waals surface area contributed by atoms with E-state index in [9.17, 15) is 4.79 Å². The first-order chi connectivity index (χ1) is 7.11. The van der Waals surface area contributed by atoms with Crippen molar-refractivity contribution in [1.29, 1.82) is 0 Å². The lowest BCUT2D eigenvalue weighted by atomic mass is 10.2. The van der Waals surface area contributed by atoms with Crippen LogP contribution in [0, 0.1) is 0 Å². The van der Waals surface area contributed by atoms with E-state index >= 15 is 0 Å². The number of amides is 1. The van der Waals surface area contributed by atoms with Crippen molar-refractivity contribution in [3.63, 3.8) is 0 Å². The zero-order valence-corrected chi connectivity index (χ0v) is 10.6. The van der Waals surface area contributed by atoms with Crippen molar-refractivity contribution >= 4 is 5.91 Å². The fourth-order valence-corrected chi connectivity index (χ4v) is 1.26. The van der Waals surface area contributed by atoms with Crippen LogP contribution in [0.3, 0.4) is 0 Å². The van der Waals surface area contributed by atoms with Gasteiger partial charge in [0.25, 0.3) is 0 Å². The van der Waals surface area contributed by atoms with Crippen LogP contribution in [-0.4, -0.2) is 24.5 Å². The summed E-state index contributed by atoms with van der Waals surface area (Å²) in [5.41, 5.74) is 0. The highest BCUT2D eigenvalue weighted by Gasteiger charge is 2.12. The van der Waals surface area contributed by atoms with E-state index in [2.05, 4.69) is 24.5 Å². The number of carbonyl (C=O) groups is 1. The molecule has 0 aliphatic rings. The van der Waals surface area contributed by atoms with E-state index in [0.29, 0.717) is 0 Å². The molecule has 0 bridgehead atoms. The Morgan fingerprint density at radius 3 is 2.40 bits per heavy atom. The SMILES string of the molecule is CCCCCNC(C)C(=O)NC(C)CC. The van der Waals surface area contributed by atoms with E-state index in [1.807, 2.05) is 13.8 Å². The van der Waals surface area contributed by atoms with Gasteiger partial charge in [0.05, 0.1) is 6.04 Å². The first kappa shape index (κ1) is 14.4. The van der Waals surface area contributed by atoms with Gasteiger partial charge in [0.15, 0.2) is 0 Å². The molecule has 0 spiro atoms. The molecule has 2 N–H and O–H groups in total. The van der Waals surface area contributed by atoms with Gasteiger partial charge in [-0.15, -0.1) is 0 Å². The van der Waals surface area contributed by atoms with Gasteiger partial charge < -0.3 is 10.6 Å². The van der Waals surface area contributed by atoms with E-state index in [1.54, 1.807) is 0 Å². The van der Waals surface area contributed by atoms with E-state index < -0.39 is 0 Å². The molecule has 2 unspecified atom stereocenters. The third kappa shape index (κ3) is 7.37. The Morgan fingerprint density at radius 1 is 1.20 bits per heavy atom. The predicted molar refractivity (Wildman–Crippen MR) is 64.9 cm³/mol. The summed E-state index contributed by atoms with van der Waals surface area (Å²) in [6.45, 7) is 9.14. The van der Waals surface area contributed by atoms with E-state index in [4.69, 9.17) is 0 Å². The zero-order chi connectivity index (χ0) is 11.7. The largest absolute Gasteiger partial charge is 0.352 e. The molecule has 0 heterocycles. The minimum absolute atomic E-state index is 0.0733. The molecule has 0 fully saturated rings. The molecule has 2 atom stereocenters. The molecular formula is C12H26N2O. The molecule has 0 aliphatic carbocycles. The monoisotopic (exact) mass is 214 g/mol. The van der Waals surface area contributed by atoms with Crippen LogP contribution >= 0.6 is 0 Å². The smallest absolute Gasteiger partial charge is 0.237 e. The highest BCUT2D eigenvalue weighted by Crippen LogP contribution is 1.94. The normalized spacial score (nSPS) is 14.7. The van der Waals surface area contributed by atoms with Crippen molar-refractivity contribution in [3.8, 4) is 0 Å². The summed E-state index contributed by atoms with van der Waals surface area (Å²) in [6.07, 6.45) is 4.58. The van der Waals surface area contributed by atoms with Gasteiger partial charge in [-0.3, -0.25) is 4.79 Å². The van der Waals surface area contributed by atoms with Crippen molar-refractivity contribution in [3.05, 3.63) is 0 Å². The van der Waals surface area contributed by atoms with E-state index in [0.717, 1.165) is 19.4 Å². The Labute approximate surface area is 94.0 Å². The first-order valence-corrected chi connectivity index (χ1v) is 6.15. The van der Waals surface area contributed by atoms with Crippen molar-refractivity contribution in [1.82, 2.24) is 10.6 Å². The molecule has 90 valence electrons. The Morgan fingerprint density at radius 2 is 1.87 bits per heavy atom. The highest BCUT2D eigenvalue weighted by molar-refractivity contribution is 5.81. The molecule has 0 saturated heterocycles. The maximum Gasteiger partial charge on any atom is 0.237 e. The second kappa shape index (κ2) is 8.72. The molecule has 15 heavy (non-hydrogen) atoms. The summed E-state index contributed by atoms with van der Waals surface area (Å²) in [5, 5.41) is 6.20. The molecular weight excluding hydrogens is 188 g/mol. The molecule has 0 aromatic carbocycles. The topological polar surface area (TPSA) is 41.1 Å². The first-order valence-electron chi connectivity index (χ1n) is 6.15. The van der Waals surface area contributed by atoms with Crippen LogP contribution in [0.25, 0.3) is 0 Å². The van der Waals surface area contributed by atoms with Crippen LogP contribution in [0.1, 0.15) is 53.4 Å². The molecule has 0 rings (SSSR count). The molecule has 3 heteroatoms. The Balaban J connectivity index is 3.60. The number of rotatable bonds is 8. The lowest BCUT2D eigenvalue weighted by Crippen LogP contribution is -2.45. The van der Waals surface area contributed by atoms with Crippen LogP contribution in [0.15, 0.2) is 0 Å². The Bertz CT molecular complexity index is 171. The average Bonchev–Trinajstić information content (AvgIpc) is 2.23. The molecule has 0 radical (unpaired) electrons. The average molecular weight is 214 g/mol. The number of hydrogen-bond acceptors (Lipinski definition) is 2. The molecule has 3 nitrogen and oxygen atoms in total. The fraction of sp³-hybridized carbons (Fsp3) is 0.917. The third-order valence-electron chi connectivity index (χ3n) is 2.63. The number of hydrogen-bond donors (Lipinski definition) is 2. The standard InChI is InChI=1S/C12H26N2O/c1-5-7-8-9-13-11(4)12(15)14-10(3)6-2/h10-11,13H,5-9H2,1-4H3,(H,14,15). The van der Waals surface area contributed by atoms with E-state index in [-0.39, 0.29) is 18.0 Å². The maximum absolute atomic E-state index is 11.6. The van der Waals surface area contributed by atoms with Crippen LogP contribution in [0.5, 0.6) is 0 Å². The Hall–Kier alpha value is -0.570. The van der Waals surface area contributed by atoms with Crippen molar-refractivity contribution in [2.75, 3.05) is 6.54 Å². The van der Waals surface area contributed by atoms with Gasteiger partial charge in [0, 0.05) is 6.04 Å². The summed E-state index contributed by atoms with van der Waals surface area (Å²) < 4.78 is 0. The van der Waals surface area contributed by atoms with Gasteiger partial charge in [0.1, 0.15) is 0 Å². The van der Waals surface area contributed by atoms with Crippen molar-refractivity contribution in [2.45, 2.75) is 65.5 Å². The van der Waals surface area contributed by atoms with Gasteiger partial charge in [-0.1, -0.05) is 26.7 Å². The molecule has 0 aromatic heterocycles. The summed E-state index contributed by atoms with van der Waals surface area (Å²) in [7, 11) is 0. The quantitative estimate of drug-likeness (QED) is 0.607. The second-order valence-corrected chi connectivity index (χ2v) is 4.20. The van der Waals surface area contributed by atoms with Gasteiger partial charge in [0.2, 0.25) is 5.91 Å². The lowest BCUT2D eigenvalue weighted by Gasteiger charge is -2.17. The zero-order valence-electron chi connectivity index (χ0n) is 10.6. The third-order valence-corrected chi connectivity index (χ3v) is 2.63. The number of nitrogens with one attached hydrogen (secondary N) is 2. The molecule has 0 aromatic rings. The molecule has 0 aliphatic heterocycles. The van der Waals surface area contributed by atoms with Gasteiger partial charge in [-0.05, 0) is 33.2 Å². The van der Waals surface area contributed by atoms with Gasteiger partial charge in [-0.2, -0.15) is 0 Å². The maximum atomic E-state index is 11.6. The summed E-state index contributed by atoms with van der Waals surface area (Å²) in [5.74, 6) is 0.112. The second-order valence-electron chi connectivity index (χ2n) is 4.20. The van der Waals surface area contributed by atoms with Crippen molar-refractivity contribution < 1.29 is 4.79 Å². The fourth-order valence-electron chi connectivity index (χ4n) is 1.26. The summed E-state index contributed by atoms with van der Waals surface area (Å²) in [4.78, 5) is 11.6. The van der Waals surface area contributed by atoms with Crippen LogP contribution in [-0.2, 0) is 4.79 Å². The van der Waals surface area contributed by atoms with Gasteiger partial charge in [-0.25, -0.2) is 0 Å². The minimum Gasteiger partial charge on any atom is -0.352 e. The highest BCUT2D eigenvalue weighted by atomic mass is 16.2. The minimum atomic E-state index is -0.0733. The molecule has 0 saturated carbocycles. The van der Waals surface area contributed by atoms with Crippen molar-refractivity contribution in [2.24, 2.45) is 0 Å². The predicted octanol–water partition coefficient (Wildman–Crippen LogP) is 2.07. The lowest BCUT2D eigenvalue weighted by molar-refractivity contribution is -0.123. The Kier molecular flexibility index (Phi) is 8.38. The van der Waals surface area contributed by atoms with E-state index in [1.165, 1.54) is 12.8 Å². The molecule has 1 amide bonds. The van der Waals surface area contributed by atoms with Gasteiger partial charge >= 0.3 is 0 Å². The summed E-state index contributed by atoms with van der Waals surface area (Å²) in [6, 6.07) is 0.202. The summed E-state index contributed by atoms with van der Waals surface area (Å²) >= 11 is 0.